The Kier molecular flexibility index (Phi) is 16.7. The molecule has 0 unspecified atom stereocenters. The van der Waals surface area contributed by atoms with Crippen LogP contribution in [-0.2, 0) is 0 Å². The van der Waals surface area contributed by atoms with Crippen molar-refractivity contribution >= 4 is 28.9 Å². The van der Waals surface area contributed by atoms with E-state index in [4.69, 9.17) is 0 Å². The third-order valence-corrected chi connectivity index (χ3v) is 0.787. The van der Waals surface area contributed by atoms with Crippen molar-refractivity contribution in [2.75, 3.05) is 7.05 Å². The van der Waals surface area contributed by atoms with Gasteiger partial charge in [0.2, 0.25) is 0 Å². The molecule has 0 aliphatic heterocycles. The van der Waals surface area contributed by atoms with E-state index in [9.17, 15) is 0 Å². The van der Waals surface area contributed by atoms with Crippen LogP contribution in [-0.4, -0.2) is 11.7 Å². The van der Waals surface area contributed by atoms with E-state index < -0.39 is 0 Å². The van der Waals surface area contributed by atoms with Crippen LogP contribution in [0.25, 0.3) is 0 Å². The first kappa shape index (κ1) is 10.4. The van der Waals surface area contributed by atoms with E-state index in [1.807, 2.05) is 7.05 Å². The molecular formula is C2H6NNaS2. The monoisotopic (exact) mass is 131 g/mol. The van der Waals surface area contributed by atoms with Crippen LogP contribution in [0.3, 0.4) is 0 Å². The molecule has 0 amide bonds. The predicted octanol–water partition coefficient (Wildman–Crippen LogP) is -2.07. The zero-order chi connectivity index (χ0) is 4.12. The van der Waals surface area contributed by atoms with Crippen molar-refractivity contribution in [1.29, 1.82) is 0 Å². The van der Waals surface area contributed by atoms with Gasteiger partial charge in [-0.2, -0.15) is 0 Å². The molecule has 1 N–H and O–H groups in total. The molecule has 0 aromatic rings. The van der Waals surface area contributed by atoms with Gasteiger partial charge in [-0.05, 0) is 19.0 Å². The Morgan fingerprint density at radius 1 is 2.00 bits per heavy atom. The van der Waals surface area contributed by atoms with Crippen LogP contribution in [0.15, 0.2) is 0 Å². The Morgan fingerprint density at radius 3 is 2.50 bits per heavy atom. The van der Waals surface area contributed by atoms with Crippen LogP contribution in [0.2, 0.25) is 0 Å². The molecule has 0 aromatic carbocycles. The van der Waals surface area contributed by atoms with Crippen molar-refractivity contribution < 1.29 is 31.0 Å². The molecule has 0 rings (SSSR count). The van der Waals surface area contributed by atoms with Crippen LogP contribution in [0.4, 0.5) is 0 Å². The van der Waals surface area contributed by atoms with Gasteiger partial charge in [-0.3, -0.25) is 4.72 Å². The van der Waals surface area contributed by atoms with Gasteiger partial charge in [-0.25, -0.2) is 0 Å². The van der Waals surface area contributed by atoms with Crippen molar-refractivity contribution in [1.82, 2.24) is 4.72 Å². The molecular weight excluding hydrogens is 125 g/mol. The number of nitrogens with one attached hydrogen (secondary N) is 1. The second-order valence-corrected chi connectivity index (χ2v) is 1.83. The Labute approximate surface area is 71.2 Å². The maximum absolute atomic E-state index is 4.43. The quantitative estimate of drug-likeness (QED) is 0.263. The Bertz CT molecular complexity index is 36.9. The smallest absolute Gasteiger partial charge is 1.00 e. The molecule has 6 heavy (non-hydrogen) atoms. The number of thiocarbonyl (C=S) groups is 1. The van der Waals surface area contributed by atoms with Crippen molar-refractivity contribution in [3.05, 3.63) is 0 Å². The zero-order valence-corrected chi connectivity index (χ0v) is 7.53. The minimum Gasteiger partial charge on any atom is -1.00 e. The zero-order valence-electron chi connectivity index (χ0n) is 4.89. The molecule has 1 nitrogen and oxygen atoms in total. The summed E-state index contributed by atoms with van der Waals surface area (Å²) >= 11 is 5.83. The molecule has 0 radical (unpaired) electrons. The van der Waals surface area contributed by atoms with Crippen molar-refractivity contribution in [2.24, 2.45) is 0 Å². The summed E-state index contributed by atoms with van der Waals surface area (Å²) in [7, 11) is 1.83. The third-order valence-electron chi connectivity index (χ3n) is 0.166. The van der Waals surface area contributed by atoms with Gasteiger partial charge in [0.1, 0.15) is 0 Å². The molecule has 32 valence electrons. The first-order chi connectivity index (χ1) is 2.41. The van der Waals surface area contributed by atoms with Gasteiger partial charge >= 0.3 is 29.6 Å². The largest absolute Gasteiger partial charge is 1.00 e. The van der Waals surface area contributed by atoms with Crippen LogP contribution >= 0.6 is 24.2 Å². The molecule has 0 atom stereocenters. The van der Waals surface area contributed by atoms with Crippen LogP contribution in [0, 0.1) is 0 Å². The Hall–Kier alpha value is 1.40. The average molecular weight is 131 g/mol. The minimum atomic E-state index is 0. The fourth-order valence-corrected chi connectivity index (χ4v) is 0.433. The summed E-state index contributed by atoms with van der Waals surface area (Å²) in [6.45, 7) is 0. The number of rotatable bonds is 2. The molecule has 0 fully saturated rings. The van der Waals surface area contributed by atoms with Crippen molar-refractivity contribution in [2.45, 2.75) is 0 Å². The SMILES string of the molecule is CNSC=S.[H-].[Na+]. The minimum absolute atomic E-state index is 0. The van der Waals surface area contributed by atoms with E-state index in [0.717, 1.165) is 0 Å². The Morgan fingerprint density at radius 2 is 2.50 bits per heavy atom. The fourth-order valence-electron chi connectivity index (χ4n) is 0.0481. The first-order valence-electron chi connectivity index (χ1n) is 1.18. The van der Waals surface area contributed by atoms with Gasteiger partial charge in [-0.15, -0.1) is 0 Å². The summed E-state index contributed by atoms with van der Waals surface area (Å²) in [5, 5.41) is 0. The van der Waals surface area contributed by atoms with Gasteiger partial charge in [0.25, 0.3) is 0 Å². The summed E-state index contributed by atoms with van der Waals surface area (Å²) in [6, 6.07) is 0. The maximum Gasteiger partial charge on any atom is 1.00 e. The van der Waals surface area contributed by atoms with Crippen molar-refractivity contribution in [3.8, 4) is 0 Å². The second-order valence-electron chi connectivity index (χ2n) is 0.418. The molecule has 0 saturated heterocycles. The molecule has 0 heterocycles. The summed E-state index contributed by atoms with van der Waals surface area (Å²) in [5.41, 5.74) is 0. The normalized spacial score (nSPS) is 6.17. The van der Waals surface area contributed by atoms with E-state index in [0.29, 0.717) is 0 Å². The van der Waals surface area contributed by atoms with E-state index >= 15 is 0 Å². The van der Waals surface area contributed by atoms with Gasteiger partial charge in [0, 0.05) is 4.70 Å². The topological polar surface area (TPSA) is 12.0 Å². The molecule has 4 heteroatoms. The Balaban J connectivity index is -0.0000000800. The summed E-state index contributed by atoms with van der Waals surface area (Å²) in [6.07, 6.45) is 0. The summed E-state index contributed by atoms with van der Waals surface area (Å²) < 4.78 is 4.34. The van der Waals surface area contributed by atoms with Gasteiger partial charge in [-0.1, -0.05) is 12.2 Å². The van der Waals surface area contributed by atoms with Gasteiger partial charge < -0.3 is 1.43 Å². The summed E-state index contributed by atoms with van der Waals surface area (Å²) in [4.78, 5) is 0. The standard InChI is InChI=1S/C2H5NS2.Na.H/c1-3-5-2-4;;/h2-3H,1H3;;/q;+1;-1. The van der Waals surface area contributed by atoms with E-state index in [1.54, 1.807) is 4.70 Å². The average Bonchev–Trinajstić information content (AvgIpc) is 1.41. The fraction of sp³-hybridized carbons (Fsp3) is 0.500. The van der Waals surface area contributed by atoms with Crippen LogP contribution in [0.5, 0.6) is 0 Å². The van der Waals surface area contributed by atoms with Crippen LogP contribution in [0.1, 0.15) is 1.43 Å². The van der Waals surface area contributed by atoms with E-state index in [1.165, 1.54) is 11.9 Å². The first-order valence-corrected chi connectivity index (χ1v) is 2.53. The maximum atomic E-state index is 4.43. The molecule has 0 aromatic heterocycles. The molecule has 0 aliphatic carbocycles. The van der Waals surface area contributed by atoms with Gasteiger partial charge in [0.05, 0.1) is 0 Å². The predicted molar refractivity (Wildman–Crippen MR) is 31.4 cm³/mol. The van der Waals surface area contributed by atoms with Crippen molar-refractivity contribution in [3.63, 3.8) is 0 Å². The number of hydrogen-bond donors (Lipinski definition) is 1. The van der Waals surface area contributed by atoms with Crippen LogP contribution < -0.4 is 34.3 Å². The molecule has 0 aliphatic rings. The molecule has 0 bridgehead atoms. The van der Waals surface area contributed by atoms with E-state index in [-0.39, 0.29) is 31.0 Å². The summed E-state index contributed by atoms with van der Waals surface area (Å²) in [5.74, 6) is 0. The molecule has 0 spiro atoms. The second kappa shape index (κ2) is 9.64. The third kappa shape index (κ3) is 9.04. The van der Waals surface area contributed by atoms with E-state index in [2.05, 4.69) is 16.9 Å². The molecule has 0 saturated carbocycles. The van der Waals surface area contributed by atoms with Gasteiger partial charge in [0.15, 0.2) is 0 Å². The number of hydrogen-bond acceptors (Lipinski definition) is 3.